The van der Waals surface area contributed by atoms with Crippen LogP contribution in [0.1, 0.15) is 66.1 Å². The molecule has 0 radical (unpaired) electrons. The molecule has 216 valence electrons. The van der Waals surface area contributed by atoms with E-state index in [4.69, 9.17) is 0 Å². The summed E-state index contributed by atoms with van der Waals surface area (Å²) in [6, 6.07) is 10.0. The highest BCUT2D eigenvalue weighted by Crippen LogP contribution is 2.51. The number of amides is 1. The number of imidazole rings is 1. The number of benzene rings is 1. The summed E-state index contributed by atoms with van der Waals surface area (Å²) in [6.07, 6.45) is 7.41. The second-order valence-corrected chi connectivity index (χ2v) is 12.2. The van der Waals surface area contributed by atoms with Crippen molar-refractivity contribution in [3.05, 3.63) is 77.3 Å². The third-order valence-corrected chi connectivity index (χ3v) is 8.85. The van der Waals surface area contributed by atoms with Crippen molar-refractivity contribution in [1.29, 1.82) is 0 Å². The van der Waals surface area contributed by atoms with Gasteiger partial charge >= 0.3 is 0 Å². The number of hydrogen-bond donors (Lipinski definition) is 2. The molecule has 1 aliphatic carbocycles. The number of likely N-dealkylation sites (tertiary alicyclic amines) is 1. The first-order valence-electron chi connectivity index (χ1n) is 14.5. The van der Waals surface area contributed by atoms with Gasteiger partial charge in [-0.25, -0.2) is 9.37 Å². The van der Waals surface area contributed by atoms with Crippen molar-refractivity contribution in [1.82, 2.24) is 34.4 Å². The molecule has 2 aliphatic rings. The molecule has 1 aromatic carbocycles. The molecule has 41 heavy (non-hydrogen) atoms. The van der Waals surface area contributed by atoms with Gasteiger partial charge in [-0.05, 0) is 61.4 Å². The largest absolute Gasteiger partial charge is 0.322 e. The van der Waals surface area contributed by atoms with Crippen LogP contribution >= 0.6 is 0 Å². The Morgan fingerprint density at radius 1 is 1.22 bits per heavy atom. The van der Waals surface area contributed by atoms with E-state index in [1.54, 1.807) is 12.5 Å². The number of carbonyl (C=O) groups is 1. The lowest BCUT2D eigenvalue weighted by atomic mass is 9.58. The molecule has 0 bridgehead atoms. The van der Waals surface area contributed by atoms with Crippen LogP contribution < -0.4 is 10.6 Å². The number of fused-ring (bicyclic) bond motifs is 1. The fourth-order valence-corrected chi connectivity index (χ4v) is 6.72. The monoisotopic (exact) mass is 558 g/mol. The summed E-state index contributed by atoms with van der Waals surface area (Å²) < 4.78 is 17.8. The zero-order valence-electron chi connectivity index (χ0n) is 24.3. The van der Waals surface area contributed by atoms with Gasteiger partial charge in [0.25, 0.3) is 5.91 Å². The van der Waals surface area contributed by atoms with Crippen LogP contribution in [0.5, 0.6) is 0 Å². The van der Waals surface area contributed by atoms with Crippen molar-refractivity contribution in [2.45, 2.75) is 58.2 Å². The number of alkyl halides is 1. The molecule has 4 aromatic rings. The van der Waals surface area contributed by atoms with Gasteiger partial charge in [-0.1, -0.05) is 26.0 Å². The molecule has 9 nitrogen and oxygen atoms in total. The maximum absolute atomic E-state index is 13.9. The first-order chi connectivity index (χ1) is 19.7. The van der Waals surface area contributed by atoms with Crippen LogP contribution in [-0.4, -0.2) is 60.9 Å². The first kappa shape index (κ1) is 27.5. The van der Waals surface area contributed by atoms with Crippen molar-refractivity contribution in [2.75, 3.05) is 25.1 Å². The molecule has 0 spiro atoms. The molecule has 0 unspecified atom stereocenters. The predicted molar refractivity (Wildman–Crippen MR) is 156 cm³/mol. The molecule has 2 atom stereocenters. The normalized spacial score (nSPS) is 24.9. The van der Waals surface area contributed by atoms with Gasteiger partial charge in [0.1, 0.15) is 24.0 Å². The lowest BCUT2D eigenvalue weighted by molar-refractivity contribution is 0.0913. The van der Waals surface area contributed by atoms with Crippen LogP contribution in [0.3, 0.4) is 0 Å². The van der Waals surface area contributed by atoms with Crippen LogP contribution in [0, 0.1) is 18.8 Å². The average Bonchev–Trinajstić information content (AvgIpc) is 3.54. The molecule has 1 aliphatic heterocycles. The van der Waals surface area contributed by atoms with E-state index < -0.39 is 6.17 Å². The van der Waals surface area contributed by atoms with Gasteiger partial charge in [0.05, 0.1) is 11.0 Å². The van der Waals surface area contributed by atoms with Crippen LogP contribution in [0.15, 0.2) is 49.1 Å². The number of piperidine rings is 1. The number of halogens is 1. The maximum Gasteiger partial charge on any atom is 0.259 e. The number of carbonyl (C=O) groups excluding carboxylic acids is 1. The number of nitrogens with one attached hydrogen (secondary N) is 2. The van der Waals surface area contributed by atoms with Gasteiger partial charge in [0.15, 0.2) is 0 Å². The van der Waals surface area contributed by atoms with Crippen LogP contribution in [-0.2, 0) is 19.0 Å². The minimum Gasteiger partial charge on any atom is -0.322 e. The summed E-state index contributed by atoms with van der Waals surface area (Å²) in [5, 5.41) is 15.2. The maximum atomic E-state index is 13.9. The highest BCUT2D eigenvalue weighted by atomic mass is 19.1. The summed E-state index contributed by atoms with van der Waals surface area (Å²) in [5.41, 5.74) is 4.76. The van der Waals surface area contributed by atoms with Gasteiger partial charge in [0, 0.05) is 63.0 Å². The van der Waals surface area contributed by atoms with Crippen molar-refractivity contribution in [3.8, 4) is 0 Å². The molecular formula is C31H39FN8O. The third kappa shape index (κ3) is 5.26. The number of aromatic nitrogens is 5. The zero-order valence-corrected chi connectivity index (χ0v) is 24.3. The summed E-state index contributed by atoms with van der Waals surface area (Å²) in [6.45, 7) is 8.97. The van der Waals surface area contributed by atoms with Crippen LogP contribution in [0.4, 0.5) is 10.1 Å². The number of aryl methyl sites for hydroxylation is 2. The molecule has 4 heterocycles. The highest BCUT2D eigenvalue weighted by Gasteiger charge is 2.48. The number of anilines is 1. The summed E-state index contributed by atoms with van der Waals surface area (Å²) in [5.74, 6) is 1.40. The van der Waals surface area contributed by atoms with E-state index in [0.29, 0.717) is 36.8 Å². The van der Waals surface area contributed by atoms with Gasteiger partial charge in [-0.15, -0.1) is 10.2 Å². The van der Waals surface area contributed by atoms with Crippen LogP contribution in [0.25, 0.3) is 5.65 Å². The Kier molecular flexibility index (Phi) is 7.37. The second-order valence-electron chi connectivity index (χ2n) is 12.2. The number of pyridine rings is 1. The Hall–Kier alpha value is -3.63. The van der Waals surface area contributed by atoms with E-state index in [-0.39, 0.29) is 17.2 Å². The lowest BCUT2D eigenvalue weighted by Crippen LogP contribution is -2.44. The molecule has 1 saturated heterocycles. The quantitative estimate of drug-likeness (QED) is 0.332. The lowest BCUT2D eigenvalue weighted by Gasteiger charge is -2.46. The van der Waals surface area contributed by atoms with E-state index in [1.165, 1.54) is 0 Å². The number of nitrogens with zero attached hydrogens (tertiary/aromatic N) is 6. The van der Waals surface area contributed by atoms with E-state index >= 15 is 0 Å². The Labute approximate surface area is 240 Å². The van der Waals surface area contributed by atoms with Gasteiger partial charge in [0.2, 0.25) is 0 Å². The van der Waals surface area contributed by atoms with Gasteiger partial charge < -0.3 is 19.6 Å². The standard InChI is InChI=1S/C31H39FN8O/c1-20-12-31(13-20,30-37-35-19-38(30)4)24-6-5-7-25(11-24)36-29(41)26-10-23(17-40-22(3)14-34-28(26)40)15-33-18-39-9-8-27(32)21(2)16-39/h5-7,10-11,14,17,19-21,27,33H,8-9,12-13,15-16,18H2,1-4H3,(H,36,41)/t20?,21-,27+,31?/m1/s1. The Morgan fingerprint density at radius 2 is 2.05 bits per heavy atom. The molecule has 6 rings (SSSR count). The molecular weight excluding hydrogens is 519 g/mol. The first-order valence-corrected chi connectivity index (χ1v) is 14.5. The van der Waals surface area contributed by atoms with Crippen molar-refractivity contribution >= 4 is 17.2 Å². The minimum atomic E-state index is -0.714. The summed E-state index contributed by atoms with van der Waals surface area (Å²) >= 11 is 0. The topological polar surface area (TPSA) is 92.4 Å². The zero-order chi connectivity index (χ0) is 28.7. The smallest absolute Gasteiger partial charge is 0.259 e. The highest BCUT2D eigenvalue weighted by molar-refractivity contribution is 6.08. The van der Waals surface area contributed by atoms with E-state index in [9.17, 15) is 9.18 Å². The fourth-order valence-electron chi connectivity index (χ4n) is 6.72. The molecule has 2 N–H and O–H groups in total. The molecule has 2 fully saturated rings. The van der Waals surface area contributed by atoms with Crippen molar-refractivity contribution < 1.29 is 9.18 Å². The Morgan fingerprint density at radius 3 is 2.78 bits per heavy atom. The number of hydrogen-bond acceptors (Lipinski definition) is 6. The second kappa shape index (κ2) is 11.0. The summed E-state index contributed by atoms with van der Waals surface area (Å²) in [7, 11) is 1.98. The van der Waals surface area contributed by atoms with E-state index in [2.05, 4.69) is 49.8 Å². The van der Waals surface area contributed by atoms with Gasteiger partial charge in [-0.2, -0.15) is 0 Å². The van der Waals surface area contributed by atoms with Crippen molar-refractivity contribution in [2.24, 2.45) is 18.9 Å². The molecule has 3 aromatic heterocycles. The molecule has 1 saturated carbocycles. The Balaban J connectivity index is 1.21. The fraction of sp³-hybridized carbons (Fsp3) is 0.484. The predicted octanol–water partition coefficient (Wildman–Crippen LogP) is 4.47. The molecule has 10 heteroatoms. The van der Waals surface area contributed by atoms with Crippen LogP contribution in [0.2, 0.25) is 0 Å². The molecule has 1 amide bonds. The van der Waals surface area contributed by atoms with E-state index in [1.807, 2.05) is 54.3 Å². The SMILES string of the molecule is Cc1cnc2c(C(=O)Nc3cccc(C4(c5nncn5C)CC(C)C4)c3)cc(CNCN3CC[C@H](F)[C@H](C)C3)cn12. The van der Waals surface area contributed by atoms with E-state index in [0.717, 1.165) is 54.3 Å². The summed E-state index contributed by atoms with van der Waals surface area (Å²) in [4.78, 5) is 20.5. The van der Waals surface area contributed by atoms with Crippen molar-refractivity contribution in [3.63, 3.8) is 0 Å². The third-order valence-electron chi connectivity index (χ3n) is 8.85. The minimum absolute atomic E-state index is 0.0484. The number of rotatable bonds is 8. The Bertz CT molecular complexity index is 1550. The van der Waals surface area contributed by atoms with Gasteiger partial charge in [-0.3, -0.25) is 9.69 Å². The average molecular weight is 559 g/mol.